The summed E-state index contributed by atoms with van der Waals surface area (Å²) in [7, 11) is 3.22. The third-order valence-electron chi connectivity index (χ3n) is 5.22. The first-order valence-electron chi connectivity index (χ1n) is 10.8. The molecular weight excluding hydrogens is 420 g/mol. The Balaban J connectivity index is 1.92. The second-order valence-electron chi connectivity index (χ2n) is 7.80. The van der Waals surface area contributed by atoms with Crippen LogP contribution in [0.5, 0.6) is 11.5 Å². The SMILES string of the molecule is CCN(CC(=O)Nc1nc(-c2ccc(OC)cc2)cn1-c1ccc(OC)cc1)C(=O)C(C)C. The number of methoxy groups -OCH3 is 2. The maximum Gasteiger partial charge on any atom is 0.246 e. The van der Waals surface area contributed by atoms with E-state index in [2.05, 4.69) is 10.3 Å². The third-order valence-corrected chi connectivity index (χ3v) is 5.22. The van der Waals surface area contributed by atoms with Crippen LogP contribution in [0.25, 0.3) is 16.9 Å². The molecule has 3 rings (SSSR count). The number of carbonyl (C=O) groups excluding carboxylic acids is 2. The van der Waals surface area contributed by atoms with Crippen LogP contribution in [-0.2, 0) is 9.59 Å². The van der Waals surface area contributed by atoms with Crippen molar-refractivity contribution in [1.29, 1.82) is 0 Å². The van der Waals surface area contributed by atoms with Crippen molar-refractivity contribution in [2.24, 2.45) is 5.92 Å². The average Bonchev–Trinajstić information content (AvgIpc) is 3.25. The van der Waals surface area contributed by atoms with Gasteiger partial charge in [-0.2, -0.15) is 0 Å². The molecule has 0 atom stereocenters. The smallest absolute Gasteiger partial charge is 0.246 e. The molecule has 0 aliphatic rings. The molecule has 0 aliphatic carbocycles. The van der Waals surface area contributed by atoms with Crippen LogP contribution in [0.1, 0.15) is 20.8 Å². The number of amides is 2. The molecule has 0 fully saturated rings. The summed E-state index contributed by atoms with van der Waals surface area (Å²) in [5, 5.41) is 2.87. The molecule has 0 unspecified atom stereocenters. The molecule has 8 nitrogen and oxygen atoms in total. The number of nitrogens with zero attached hydrogens (tertiary/aromatic N) is 3. The van der Waals surface area contributed by atoms with Crippen molar-refractivity contribution < 1.29 is 19.1 Å². The van der Waals surface area contributed by atoms with E-state index in [4.69, 9.17) is 9.47 Å². The number of nitrogens with one attached hydrogen (secondary N) is 1. The van der Waals surface area contributed by atoms with Crippen molar-refractivity contribution in [1.82, 2.24) is 14.5 Å². The maximum absolute atomic E-state index is 12.8. The summed E-state index contributed by atoms with van der Waals surface area (Å²) in [4.78, 5) is 31.4. The Bertz CT molecular complexity index is 1090. The van der Waals surface area contributed by atoms with Crippen molar-refractivity contribution in [2.45, 2.75) is 20.8 Å². The fourth-order valence-corrected chi connectivity index (χ4v) is 3.36. The number of ether oxygens (including phenoxy) is 2. The molecule has 2 amide bonds. The molecule has 1 N–H and O–H groups in total. The fraction of sp³-hybridized carbons (Fsp3) is 0.320. The Morgan fingerprint density at radius 3 is 2.09 bits per heavy atom. The molecule has 1 heterocycles. The molecule has 0 saturated heterocycles. The van der Waals surface area contributed by atoms with Gasteiger partial charge in [-0.1, -0.05) is 13.8 Å². The standard InChI is InChI=1S/C25H30N4O4/c1-6-28(24(31)17(2)3)16-23(30)27-25-26-22(18-7-11-20(32-4)12-8-18)15-29(25)19-9-13-21(33-5)14-10-19/h7-15,17H,6,16H2,1-5H3,(H,26,27,30). The van der Waals surface area contributed by atoms with Crippen molar-refractivity contribution in [3.63, 3.8) is 0 Å². The van der Waals surface area contributed by atoms with E-state index >= 15 is 0 Å². The number of rotatable bonds is 9. The van der Waals surface area contributed by atoms with Crippen LogP contribution < -0.4 is 14.8 Å². The zero-order valence-corrected chi connectivity index (χ0v) is 19.7. The predicted octanol–water partition coefficient (Wildman–Crippen LogP) is 4.00. The van der Waals surface area contributed by atoms with E-state index in [0.717, 1.165) is 22.7 Å². The third kappa shape index (κ3) is 5.71. The molecule has 0 bridgehead atoms. The van der Waals surface area contributed by atoms with Crippen LogP contribution in [0.15, 0.2) is 54.7 Å². The Hall–Kier alpha value is -3.81. The summed E-state index contributed by atoms with van der Waals surface area (Å²) < 4.78 is 12.3. The number of hydrogen-bond donors (Lipinski definition) is 1. The van der Waals surface area contributed by atoms with Crippen molar-refractivity contribution in [3.05, 3.63) is 54.7 Å². The van der Waals surface area contributed by atoms with E-state index in [1.807, 2.05) is 75.5 Å². The first kappa shape index (κ1) is 23.8. The van der Waals surface area contributed by atoms with Gasteiger partial charge in [0.15, 0.2) is 0 Å². The van der Waals surface area contributed by atoms with Crippen LogP contribution in [0, 0.1) is 5.92 Å². The van der Waals surface area contributed by atoms with E-state index < -0.39 is 0 Å². The molecule has 1 aromatic heterocycles. The van der Waals surface area contributed by atoms with Crippen LogP contribution in [0.4, 0.5) is 5.95 Å². The largest absolute Gasteiger partial charge is 0.497 e. The van der Waals surface area contributed by atoms with Crippen molar-refractivity contribution in [2.75, 3.05) is 32.6 Å². The van der Waals surface area contributed by atoms with Crippen molar-refractivity contribution >= 4 is 17.8 Å². The normalized spacial score (nSPS) is 10.7. The molecule has 0 spiro atoms. The minimum Gasteiger partial charge on any atom is -0.497 e. The van der Waals surface area contributed by atoms with E-state index in [9.17, 15) is 9.59 Å². The van der Waals surface area contributed by atoms with Gasteiger partial charge in [-0.05, 0) is 55.5 Å². The summed E-state index contributed by atoms with van der Waals surface area (Å²) in [6.07, 6.45) is 1.86. The second-order valence-corrected chi connectivity index (χ2v) is 7.80. The number of anilines is 1. The molecule has 174 valence electrons. The van der Waals surface area contributed by atoms with Gasteiger partial charge in [-0.15, -0.1) is 0 Å². The Morgan fingerprint density at radius 2 is 1.58 bits per heavy atom. The molecule has 0 aliphatic heterocycles. The molecule has 0 saturated carbocycles. The zero-order valence-electron chi connectivity index (χ0n) is 19.7. The average molecular weight is 451 g/mol. The van der Waals surface area contributed by atoms with Crippen LogP contribution in [0.2, 0.25) is 0 Å². The molecule has 2 aromatic carbocycles. The molecule has 33 heavy (non-hydrogen) atoms. The van der Waals surface area contributed by atoms with Gasteiger partial charge in [-0.25, -0.2) is 4.98 Å². The first-order valence-corrected chi connectivity index (χ1v) is 10.8. The van der Waals surface area contributed by atoms with Gasteiger partial charge >= 0.3 is 0 Å². The van der Waals surface area contributed by atoms with Gasteiger partial charge in [0, 0.05) is 29.9 Å². The Labute approximate surface area is 194 Å². The monoisotopic (exact) mass is 450 g/mol. The van der Waals surface area contributed by atoms with E-state index in [0.29, 0.717) is 18.2 Å². The van der Waals surface area contributed by atoms with Gasteiger partial charge in [0.2, 0.25) is 17.8 Å². The lowest BCUT2D eigenvalue weighted by molar-refractivity contribution is -0.137. The van der Waals surface area contributed by atoms with Gasteiger partial charge in [0.05, 0.1) is 26.5 Å². The highest BCUT2D eigenvalue weighted by molar-refractivity contribution is 5.94. The van der Waals surface area contributed by atoms with E-state index in [1.165, 1.54) is 4.90 Å². The Kier molecular flexibility index (Phi) is 7.71. The Morgan fingerprint density at radius 1 is 1.00 bits per heavy atom. The topological polar surface area (TPSA) is 85.7 Å². The number of imidazole rings is 1. The quantitative estimate of drug-likeness (QED) is 0.533. The summed E-state index contributed by atoms with van der Waals surface area (Å²) in [6, 6.07) is 15.0. The van der Waals surface area contributed by atoms with Crippen molar-refractivity contribution in [3.8, 4) is 28.4 Å². The number of hydrogen-bond acceptors (Lipinski definition) is 5. The molecule has 8 heteroatoms. The fourth-order valence-electron chi connectivity index (χ4n) is 3.36. The predicted molar refractivity (Wildman–Crippen MR) is 128 cm³/mol. The number of aromatic nitrogens is 2. The van der Waals surface area contributed by atoms with E-state index in [-0.39, 0.29) is 24.3 Å². The molecular formula is C25H30N4O4. The highest BCUT2D eigenvalue weighted by Crippen LogP contribution is 2.27. The van der Waals surface area contributed by atoms with Crippen LogP contribution in [-0.4, -0.2) is 53.6 Å². The summed E-state index contributed by atoms with van der Waals surface area (Å²) >= 11 is 0. The van der Waals surface area contributed by atoms with Crippen LogP contribution in [0.3, 0.4) is 0 Å². The lowest BCUT2D eigenvalue weighted by atomic mass is 10.1. The highest BCUT2D eigenvalue weighted by atomic mass is 16.5. The van der Waals surface area contributed by atoms with E-state index in [1.54, 1.807) is 18.8 Å². The highest BCUT2D eigenvalue weighted by Gasteiger charge is 2.20. The lowest BCUT2D eigenvalue weighted by Gasteiger charge is -2.22. The second kappa shape index (κ2) is 10.7. The number of carbonyl (C=O) groups is 2. The lowest BCUT2D eigenvalue weighted by Crippen LogP contribution is -2.40. The van der Waals surface area contributed by atoms with Gasteiger partial charge in [0.25, 0.3) is 0 Å². The molecule has 0 radical (unpaired) electrons. The minimum absolute atomic E-state index is 0.0408. The zero-order chi connectivity index (χ0) is 24.0. The minimum atomic E-state index is -0.313. The van der Waals surface area contributed by atoms with Gasteiger partial charge in [0.1, 0.15) is 11.5 Å². The summed E-state index contributed by atoms with van der Waals surface area (Å²) in [6.45, 7) is 5.91. The maximum atomic E-state index is 12.8. The summed E-state index contributed by atoms with van der Waals surface area (Å²) in [5.74, 6) is 1.28. The number of benzene rings is 2. The van der Waals surface area contributed by atoms with Gasteiger partial charge in [-0.3, -0.25) is 19.5 Å². The summed E-state index contributed by atoms with van der Waals surface area (Å²) in [5.41, 5.74) is 2.38. The number of likely N-dealkylation sites (N-methyl/N-ethyl adjacent to an activating group) is 1. The van der Waals surface area contributed by atoms with Crippen LogP contribution >= 0.6 is 0 Å². The van der Waals surface area contributed by atoms with Gasteiger partial charge < -0.3 is 14.4 Å². The molecule has 3 aromatic rings. The first-order chi connectivity index (χ1) is 15.9.